The number of hydrogen-bond donors (Lipinski definition) is 1. The quantitative estimate of drug-likeness (QED) is 0.500. The number of rotatable bonds is 7. The van der Waals surface area contributed by atoms with Crippen molar-refractivity contribution in [3.63, 3.8) is 0 Å². The van der Waals surface area contributed by atoms with Crippen molar-refractivity contribution in [2.45, 2.75) is 39.3 Å². The molecule has 4 rings (SSSR count). The lowest BCUT2D eigenvalue weighted by Gasteiger charge is -2.19. The molecule has 1 aromatic heterocycles. The smallest absolute Gasteiger partial charge is 0.337 e. The van der Waals surface area contributed by atoms with E-state index in [-0.39, 0.29) is 5.91 Å². The molecule has 2 heterocycles. The molecule has 1 atom stereocenters. The number of carbonyl (C=O) groups excluding carboxylic acids is 2. The van der Waals surface area contributed by atoms with E-state index in [1.54, 1.807) is 44.2 Å². The first-order chi connectivity index (χ1) is 16.1. The number of hydrogen-bond acceptors (Lipinski definition) is 8. The van der Waals surface area contributed by atoms with Crippen molar-refractivity contribution >= 4 is 23.2 Å². The Morgan fingerprint density at radius 2 is 1.94 bits per heavy atom. The minimum Gasteiger partial charge on any atom is -0.465 e. The molecule has 1 fully saturated rings. The van der Waals surface area contributed by atoms with Crippen LogP contribution in [0.3, 0.4) is 0 Å². The number of nitrogens with zero attached hydrogens (tertiary/aromatic N) is 3. The largest absolute Gasteiger partial charge is 0.465 e. The van der Waals surface area contributed by atoms with E-state index >= 15 is 0 Å². The van der Waals surface area contributed by atoms with Crippen LogP contribution in [0, 0.1) is 5.92 Å². The Hall–Kier alpha value is -3.30. The lowest BCUT2D eigenvalue weighted by molar-refractivity contribution is -0.128. The zero-order valence-electron chi connectivity index (χ0n) is 19.6. The molecule has 1 aliphatic rings. The number of benzene rings is 2. The number of carbonyl (C=O) groups is 2. The van der Waals surface area contributed by atoms with Gasteiger partial charge in [-0.2, -0.15) is 0 Å². The first kappa shape index (κ1) is 23.8. The van der Waals surface area contributed by atoms with E-state index < -0.39 is 11.6 Å². The average molecular weight is 482 g/mol. The standard InChI is InChI=1S/C25H27N3O5S/c1-15-11-21(29)28(13-15)14-18-6-5-17(23(30)32-4)12-20(18)33-19-9-7-16(8-10-19)22-26-27-24(34-22)25(2,3)31/h5-10,12,15,31H,11,13-14H2,1-4H3. The predicted octanol–water partition coefficient (Wildman–Crippen LogP) is 4.38. The molecule has 34 heavy (non-hydrogen) atoms. The molecule has 1 saturated heterocycles. The molecule has 1 N–H and O–H groups in total. The average Bonchev–Trinajstić information content (AvgIpc) is 3.41. The molecular weight excluding hydrogens is 454 g/mol. The van der Waals surface area contributed by atoms with E-state index in [2.05, 4.69) is 17.1 Å². The third-order valence-corrected chi connectivity index (χ3v) is 6.82. The van der Waals surface area contributed by atoms with Crippen molar-refractivity contribution < 1.29 is 24.2 Å². The van der Waals surface area contributed by atoms with Crippen LogP contribution in [0.1, 0.15) is 48.1 Å². The summed E-state index contributed by atoms with van der Waals surface area (Å²) in [6.07, 6.45) is 0.540. The van der Waals surface area contributed by atoms with Crippen LogP contribution in [0.2, 0.25) is 0 Å². The lowest BCUT2D eigenvalue weighted by atomic mass is 10.1. The van der Waals surface area contributed by atoms with Crippen LogP contribution < -0.4 is 4.74 Å². The van der Waals surface area contributed by atoms with Gasteiger partial charge in [0.1, 0.15) is 27.1 Å². The Kier molecular flexibility index (Phi) is 6.67. The van der Waals surface area contributed by atoms with Crippen molar-refractivity contribution in [3.05, 3.63) is 58.6 Å². The number of amides is 1. The zero-order valence-corrected chi connectivity index (χ0v) is 20.4. The molecule has 2 aromatic carbocycles. The molecule has 0 spiro atoms. The van der Waals surface area contributed by atoms with Gasteiger partial charge in [-0.05, 0) is 56.2 Å². The Morgan fingerprint density at radius 1 is 1.21 bits per heavy atom. The number of likely N-dealkylation sites (tertiary alicyclic amines) is 1. The van der Waals surface area contributed by atoms with Gasteiger partial charge < -0.3 is 19.5 Å². The van der Waals surface area contributed by atoms with Crippen molar-refractivity contribution in [1.29, 1.82) is 0 Å². The second-order valence-corrected chi connectivity index (χ2v) is 9.97. The topological polar surface area (TPSA) is 102 Å². The number of ether oxygens (including phenoxy) is 2. The van der Waals surface area contributed by atoms with Crippen LogP contribution in [0.25, 0.3) is 10.6 Å². The first-order valence-electron chi connectivity index (χ1n) is 11.0. The molecule has 9 heteroatoms. The number of methoxy groups -OCH3 is 1. The highest BCUT2D eigenvalue weighted by Gasteiger charge is 2.27. The maximum Gasteiger partial charge on any atom is 0.337 e. The van der Waals surface area contributed by atoms with Crippen molar-refractivity contribution in [1.82, 2.24) is 15.1 Å². The summed E-state index contributed by atoms with van der Waals surface area (Å²) < 4.78 is 11.0. The summed E-state index contributed by atoms with van der Waals surface area (Å²) in [5, 5.41) is 19.6. The number of aromatic nitrogens is 2. The lowest BCUT2D eigenvalue weighted by Crippen LogP contribution is -2.24. The Morgan fingerprint density at radius 3 is 2.53 bits per heavy atom. The Labute approximate surface area is 202 Å². The van der Waals surface area contributed by atoms with Gasteiger partial charge in [-0.15, -0.1) is 10.2 Å². The van der Waals surface area contributed by atoms with Crippen LogP contribution in [0.15, 0.2) is 42.5 Å². The highest BCUT2D eigenvalue weighted by Crippen LogP contribution is 2.33. The molecule has 8 nitrogen and oxygen atoms in total. The molecule has 0 aliphatic carbocycles. The highest BCUT2D eigenvalue weighted by molar-refractivity contribution is 7.14. The Bertz CT molecular complexity index is 1200. The Balaban J connectivity index is 1.58. The molecule has 1 aliphatic heterocycles. The van der Waals surface area contributed by atoms with E-state index in [9.17, 15) is 14.7 Å². The highest BCUT2D eigenvalue weighted by atomic mass is 32.1. The zero-order chi connectivity index (χ0) is 24.5. The van der Waals surface area contributed by atoms with Gasteiger partial charge in [0.2, 0.25) is 5.91 Å². The van der Waals surface area contributed by atoms with Gasteiger partial charge in [-0.3, -0.25) is 4.79 Å². The molecule has 178 valence electrons. The van der Waals surface area contributed by atoms with E-state index in [1.165, 1.54) is 18.4 Å². The molecule has 0 bridgehead atoms. The summed E-state index contributed by atoms with van der Waals surface area (Å²) in [6.45, 7) is 6.50. The number of aliphatic hydroxyl groups is 1. The summed E-state index contributed by atoms with van der Waals surface area (Å²) in [5.41, 5.74) is 0.972. The minimum atomic E-state index is -1.05. The van der Waals surface area contributed by atoms with E-state index in [0.717, 1.165) is 11.1 Å². The van der Waals surface area contributed by atoms with Crippen LogP contribution in [-0.4, -0.2) is 45.7 Å². The summed E-state index contributed by atoms with van der Waals surface area (Å²) in [6, 6.07) is 12.4. The van der Waals surface area contributed by atoms with E-state index in [1.807, 2.05) is 17.0 Å². The summed E-state index contributed by atoms with van der Waals surface area (Å²) >= 11 is 1.33. The summed E-state index contributed by atoms with van der Waals surface area (Å²) in [5.74, 6) is 1.03. The molecule has 0 saturated carbocycles. The molecule has 3 aromatic rings. The van der Waals surface area contributed by atoms with Gasteiger partial charge >= 0.3 is 5.97 Å². The van der Waals surface area contributed by atoms with Crippen LogP contribution in [0.5, 0.6) is 11.5 Å². The molecule has 1 amide bonds. The van der Waals surface area contributed by atoms with Crippen molar-refractivity contribution in [2.75, 3.05) is 13.7 Å². The van der Waals surface area contributed by atoms with Crippen molar-refractivity contribution in [3.8, 4) is 22.1 Å². The van der Waals surface area contributed by atoms with Gasteiger partial charge in [0.25, 0.3) is 0 Å². The third-order valence-electron chi connectivity index (χ3n) is 5.53. The van der Waals surface area contributed by atoms with Crippen LogP contribution in [0.4, 0.5) is 0 Å². The fraction of sp³-hybridized carbons (Fsp3) is 0.360. The van der Waals surface area contributed by atoms with Crippen LogP contribution >= 0.6 is 11.3 Å². The molecule has 1 unspecified atom stereocenters. The second-order valence-electron chi connectivity index (χ2n) is 9.00. The predicted molar refractivity (Wildman–Crippen MR) is 128 cm³/mol. The molecular formula is C25H27N3O5S. The summed E-state index contributed by atoms with van der Waals surface area (Å²) in [7, 11) is 1.33. The van der Waals surface area contributed by atoms with Gasteiger partial charge in [-0.25, -0.2) is 4.79 Å². The van der Waals surface area contributed by atoms with Gasteiger partial charge in [-0.1, -0.05) is 24.3 Å². The van der Waals surface area contributed by atoms with Gasteiger partial charge in [0.15, 0.2) is 0 Å². The maximum absolute atomic E-state index is 12.3. The molecule has 0 radical (unpaired) electrons. The first-order valence-corrected chi connectivity index (χ1v) is 11.8. The van der Waals surface area contributed by atoms with Crippen molar-refractivity contribution in [2.24, 2.45) is 5.92 Å². The van der Waals surface area contributed by atoms with Gasteiger partial charge in [0.05, 0.1) is 12.7 Å². The van der Waals surface area contributed by atoms with E-state index in [4.69, 9.17) is 9.47 Å². The van der Waals surface area contributed by atoms with E-state index in [0.29, 0.717) is 52.5 Å². The second kappa shape index (κ2) is 9.52. The minimum absolute atomic E-state index is 0.113. The van der Waals surface area contributed by atoms with Crippen LogP contribution in [-0.2, 0) is 21.7 Å². The third kappa shape index (κ3) is 5.26. The van der Waals surface area contributed by atoms with Gasteiger partial charge in [0, 0.05) is 30.6 Å². The fourth-order valence-electron chi connectivity index (χ4n) is 3.73. The maximum atomic E-state index is 12.3. The normalized spacial score (nSPS) is 16.1. The summed E-state index contributed by atoms with van der Waals surface area (Å²) in [4.78, 5) is 26.2. The fourth-order valence-corrected chi connectivity index (χ4v) is 4.58. The monoisotopic (exact) mass is 481 g/mol. The number of esters is 1. The SMILES string of the molecule is COC(=O)c1ccc(CN2CC(C)CC2=O)c(Oc2ccc(-c3nnc(C(C)(C)O)s3)cc2)c1.